The Hall–Kier alpha value is -1.39. The molecule has 4 nitrogen and oxygen atoms in total. The molecule has 0 heterocycles. The highest BCUT2D eigenvalue weighted by atomic mass is 16.3. The molecule has 0 fully saturated rings. The van der Waals surface area contributed by atoms with Crippen LogP contribution in [0.5, 0.6) is 0 Å². The van der Waals surface area contributed by atoms with Gasteiger partial charge in [-0.15, -0.1) is 0 Å². The average molecular weight is 222 g/mol. The van der Waals surface area contributed by atoms with Crippen molar-refractivity contribution in [3.05, 3.63) is 35.4 Å². The molecule has 1 aromatic rings. The van der Waals surface area contributed by atoms with Crippen LogP contribution in [0, 0.1) is 6.92 Å². The van der Waals surface area contributed by atoms with E-state index < -0.39 is 6.04 Å². The first-order valence-corrected chi connectivity index (χ1v) is 5.33. The molecule has 0 spiro atoms. The van der Waals surface area contributed by atoms with E-state index in [1.165, 1.54) is 11.1 Å². The highest BCUT2D eigenvalue weighted by molar-refractivity contribution is 5.81. The van der Waals surface area contributed by atoms with Crippen molar-refractivity contribution in [1.29, 1.82) is 0 Å². The fraction of sp³-hybridized carbons (Fsp3) is 0.417. The highest BCUT2D eigenvalue weighted by Crippen LogP contribution is 2.03. The minimum atomic E-state index is -0.822. The molecule has 1 rings (SSSR count). The van der Waals surface area contributed by atoms with Crippen LogP contribution in [-0.4, -0.2) is 30.2 Å². The quantitative estimate of drug-likeness (QED) is 0.655. The molecular formula is C12H18N2O2. The van der Waals surface area contributed by atoms with E-state index in [0.29, 0.717) is 6.54 Å². The molecule has 0 radical (unpaired) electrons. The Morgan fingerprint density at radius 2 is 2.31 bits per heavy atom. The topological polar surface area (TPSA) is 75.4 Å². The predicted molar refractivity (Wildman–Crippen MR) is 63.0 cm³/mol. The summed E-state index contributed by atoms with van der Waals surface area (Å²) >= 11 is 0. The van der Waals surface area contributed by atoms with Gasteiger partial charge in [0.2, 0.25) is 5.91 Å². The van der Waals surface area contributed by atoms with Crippen LogP contribution in [0.15, 0.2) is 24.3 Å². The lowest BCUT2D eigenvalue weighted by molar-refractivity contribution is -0.123. The van der Waals surface area contributed by atoms with E-state index in [2.05, 4.69) is 11.4 Å². The number of hydrogen-bond acceptors (Lipinski definition) is 3. The molecule has 16 heavy (non-hydrogen) atoms. The minimum Gasteiger partial charge on any atom is -0.394 e. The highest BCUT2D eigenvalue weighted by Gasteiger charge is 2.10. The number of benzene rings is 1. The van der Waals surface area contributed by atoms with Gasteiger partial charge in [-0.1, -0.05) is 29.8 Å². The number of aliphatic hydroxyl groups excluding tert-OH is 1. The fourth-order valence-electron chi connectivity index (χ4n) is 1.41. The van der Waals surface area contributed by atoms with Crippen LogP contribution < -0.4 is 11.1 Å². The lowest BCUT2D eigenvalue weighted by atomic mass is 10.1. The van der Waals surface area contributed by atoms with E-state index in [4.69, 9.17) is 10.8 Å². The van der Waals surface area contributed by atoms with Gasteiger partial charge in [0, 0.05) is 6.54 Å². The number of aryl methyl sites for hydroxylation is 1. The Morgan fingerprint density at radius 3 is 2.94 bits per heavy atom. The van der Waals surface area contributed by atoms with Crippen LogP contribution in [0.3, 0.4) is 0 Å². The van der Waals surface area contributed by atoms with Crippen molar-refractivity contribution in [1.82, 2.24) is 5.32 Å². The molecule has 4 N–H and O–H groups in total. The number of hydrogen-bond donors (Lipinski definition) is 3. The zero-order chi connectivity index (χ0) is 12.0. The predicted octanol–water partition coefficient (Wildman–Crippen LogP) is -0.0267. The van der Waals surface area contributed by atoms with Gasteiger partial charge in [-0.3, -0.25) is 4.79 Å². The lowest BCUT2D eigenvalue weighted by Gasteiger charge is -2.09. The van der Waals surface area contributed by atoms with Crippen molar-refractivity contribution >= 4 is 5.91 Å². The van der Waals surface area contributed by atoms with Crippen molar-refractivity contribution in [2.45, 2.75) is 19.4 Å². The van der Waals surface area contributed by atoms with Crippen molar-refractivity contribution in [2.75, 3.05) is 13.2 Å². The van der Waals surface area contributed by atoms with E-state index in [1.807, 2.05) is 25.1 Å². The summed E-state index contributed by atoms with van der Waals surface area (Å²) in [5.74, 6) is -0.310. The largest absolute Gasteiger partial charge is 0.394 e. The van der Waals surface area contributed by atoms with E-state index in [9.17, 15) is 4.79 Å². The Morgan fingerprint density at radius 1 is 1.56 bits per heavy atom. The molecule has 1 atom stereocenters. The maximum absolute atomic E-state index is 11.2. The van der Waals surface area contributed by atoms with Crippen molar-refractivity contribution in [2.24, 2.45) is 5.73 Å². The molecule has 0 aliphatic rings. The number of carbonyl (C=O) groups is 1. The van der Waals surface area contributed by atoms with Crippen LogP contribution in [0.25, 0.3) is 0 Å². The fourth-order valence-corrected chi connectivity index (χ4v) is 1.41. The van der Waals surface area contributed by atoms with Gasteiger partial charge in [0.1, 0.15) is 6.04 Å². The second-order valence-corrected chi connectivity index (χ2v) is 3.82. The normalized spacial score (nSPS) is 12.2. The zero-order valence-corrected chi connectivity index (χ0v) is 9.44. The van der Waals surface area contributed by atoms with Crippen LogP contribution >= 0.6 is 0 Å². The summed E-state index contributed by atoms with van der Waals surface area (Å²) in [5, 5.41) is 11.3. The van der Waals surface area contributed by atoms with E-state index in [1.54, 1.807) is 0 Å². The molecule has 1 unspecified atom stereocenters. The molecule has 0 bridgehead atoms. The van der Waals surface area contributed by atoms with E-state index >= 15 is 0 Å². The van der Waals surface area contributed by atoms with Gasteiger partial charge < -0.3 is 16.2 Å². The molecule has 1 aromatic carbocycles. The van der Waals surface area contributed by atoms with Gasteiger partial charge in [0.15, 0.2) is 0 Å². The Bertz CT molecular complexity index is 353. The third-order valence-corrected chi connectivity index (χ3v) is 2.33. The summed E-state index contributed by atoms with van der Waals surface area (Å²) in [6, 6.07) is 7.30. The number of amides is 1. The van der Waals surface area contributed by atoms with Crippen molar-refractivity contribution in [3.63, 3.8) is 0 Å². The van der Waals surface area contributed by atoms with Gasteiger partial charge >= 0.3 is 0 Å². The average Bonchev–Trinajstić information content (AvgIpc) is 2.28. The van der Waals surface area contributed by atoms with E-state index in [-0.39, 0.29) is 12.5 Å². The third-order valence-electron chi connectivity index (χ3n) is 2.33. The van der Waals surface area contributed by atoms with Gasteiger partial charge in [-0.05, 0) is 18.9 Å². The number of aliphatic hydroxyl groups is 1. The zero-order valence-electron chi connectivity index (χ0n) is 9.44. The Labute approximate surface area is 95.5 Å². The molecule has 1 amide bonds. The summed E-state index contributed by atoms with van der Waals surface area (Å²) in [4.78, 5) is 11.2. The molecule has 0 aliphatic heterocycles. The minimum absolute atomic E-state index is 0.310. The smallest absolute Gasteiger partial charge is 0.239 e. The lowest BCUT2D eigenvalue weighted by Crippen LogP contribution is -2.43. The first kappa shape index (κ1) is 12.7. The number of nitrogens with one attached hydrogen (secondary N) is 1. The second-order valence-electron chi connectivity index (χ2n) is 3.82. The van der Waals surface area contributed by atoms with Crippen LogP contribution in [0.1, 0.15) is 11.1 Å². The van der Waals surface area contributed by atoms with Crippen LogP contribution in [-0.2, 0) is 11.2 Å². The molecule has 0 aliphatic carbocycles. The van der Waals surface area contributed by atoms with Gasteiger partial charge in [-0.25, -0.2) is 0 Å². The van der Waals surface area contributed by atoms with Gasteiger partial charge in [-0.2, -0.15) is 0 Å². The molecule has 88 valence electrons. The number of nitrogens with two attached hydrogens (primary N) is 1. The summed E-state index contributed by atoms with van der Waals surface area (Å²) in [6.07, 6.45) is 0.769. The monoisotopic (exact) mass is 222 g/mol. The summed E-state index contributed by atoms with van der Waals surface area (Å²) in [5.41, 5.74) is 7.74. The second kappa shape index (κ2) is 6.25. The molecule has 0 saturated heterocycles. The van der Waals surface area contributed by atoms with Gasteiger partial charge in [0.05, 0.1) is 6.61 Å². The SMILES string of the molecule is Cc1cccc(CCNC(=O)C(N)CO)c1. The summed E-state index contributed by atoms with van der Waals surface area (Å²) in [7, 11) is 0. The third kappa shape index (κ3) is 4.00. The van der Waals surface area contributed by atoms with Crippen LogP contribution in [0.2, 0.25) is 0 Å². The Kier molecular flexibility index (Phi) is 4.95. The van der Waals surface area contributed by atoms with Gasteiger partial charge in [0.25, 0.3) is 0 Å². The first-order valence-electron chi connectivity index (χ1n) is 5.33. The Balaban J connectivity index is 2.33. The molecular weight excluding hydrogens is 204 g/mol. The first-order chi connectivity index (χ1) is 7.63. The maximum atomic E-state index is 11.2. The van der Waals surface area contributed by atoms with Crippen molar-refractivity contribution in [3.8, 4) is 0 Å². The number of carbonyl (C=O) groups excluding carboxylic acids is 1. The molecule has 4 heteroatoms. The number of rotatable bonds is 5. The molecule has 0 aromatic heterocycles. The van der Waals surface area contributed by atoms with E-state index in [0.717, 1.165) is 6.42 Å². The van der Waals surface area contributed by atoms with Crippen molar-refractivity contribution < 1.29 is 9.90 Å². The maximum Gasteiger partial charge on any atom is 0.239 e. The van der Waals surface area contributed by atoms with Crippen LogP contribution in [0.4, 0.5) is 0 Å². The standard InChI is InChI=1S/C12H18N2O2/c1-9-3-2-4-10(7-9)5-6-14-12(16)11(13)8-15/h2-4,7,11,15H,5-6,8,13H2,1H3,(H,14,16). The molecule has 0 saturated carbocycles. The summed E-state index contributed by atoms with van der Waals surface area (Å²) < 4.78 is 0. The summed E-state index contributed by atoms with van der Waals surface area (Å²) in [6.45, 7) is 2.25.